The van der Waals surface area contributed by atoms with Gasteiger partial charge in [-0.1, -0.05) is 18.2 Å². The number of hydrogen-bond donors (Lipinski definition) is 0. The summed E-state index contributed by atoms with van der Waals surface area (Å²) in [7, 11) is 0. The van der Waals surface area contributed by atoms with Crippen LogP contribution in [0.15, 0.2) is 35.9 Å². The fourth-order valence-electron chi connectivity index (χ4n) is 1.31. The van der Waals surface area contributed by atoms with Gasteiger partial charge in [-0.3, -0.25) is 0 Å². The normalized spacial score (nSPS) is 9.20. The number of rotatable bonds is 1. The van der Waals surface area contributed by atoms with Crippen molar-refractivity contribution in [2.24, 2.45) is 0 Å². The maximum absolute atomic E-state index is 8.63. The summed E-state index contributed by atoms with van der Waals surface area (Å²) in [6.45, 7) is 0. The van der Waals surface area contributed by atoms with Crippen LogP contribution in [0, 0.1) is 22.7 Å². The molecular formula is C12H6N2S. The Bertz CT molecular complexity index is 559. The van der Waals surface area contributed by atoms with Gasteiger partial charge in [-0.15, -0.1) is 11.3 Å². The topological polar surface area (TPSA) is 47.6 Å². The van der Waals surface area contributed by atoms with Crippen LogP contribution in [-0.4, -0.2) is 0 Å². The highest BCUT2D eigenvalue weighted by molar-refractivity contribution is 7.19. The van der Waals surface area contributed by atoms with Crippen molar-refractivity contribution in [2.45, 2.75) is 0 Å². The van der Waals surface area contributed by atoms with Gasteiger partial charge in [0.15, 0.2) is 0 Å². The fraction of sp³-hybridized carbons (Fsp3) is 0. The monoisotopic (exact) mass is 210 g/mol. The van der Waals surface area contributed by atoms with E-state index in [1.165, 1.54) is 4.70 Å². The maximum Gasteiger partial charge on any atom is 0.131 e. The lowest BCUT2D eigenvalue weighted by atomic mass is 10.2. The quantitative estimate of drug-likeness (QED) is 0.678. The van der Waals surface area contributed by atoms with Crippen LogP contribution in [0.2, 0.25) is 0 Å². The van der Waals surface area contributed by atoms with E-state index in [4.69, 9.17) is 10.5 Å². The standard InChI is InChI=1S/C12H6N2S/c13-7-9(8-14)5-11-6-10-3-1-2-4-12(10)15-11/h1-6H. The molecule has 2 rings (SSSR count). The van der Waals surface area contributed by atoms with E-state index in [2.05, 4.69) is 0 Å². The van der Waals surface area contributed by atoms with Crippen LogP contribution in [0.25, 0.3) is 16.2 Å². The van der Waals surface area contributed by atoms with Crippen LogP contribution in [0.3, 0.4) is 0 Å². The first-order valence-electron chi connectivity index (χ1n) is 4.34. The molecule has 0 radical (unpaired) electrons. The molecule has 70 valence electrons. The van der Waals surface area contributed by atoms with Gasteiger partial charge < -0.3 is 0 Å². The lowest BCUT2D eigenvalue weighted by Gasteiger charge is -1.82. The largest absolute Gasteiger partial charge is 0.192 e. The lowest BCUT2D eigenvalue weighted by Crippen LogP contribution is -1.68. The van der Waals surface area contributed by atoms with Gasteiger partial charge in [0.2, 0.25) is 0 Å². The molecule has 0 amide bonds. The van der Waals surface area contributed by atoms with E-state index in [9.17, 15) is 0 Å². The molecule has 2 nitrogen and oxygen atoms in total. The van der Waals surface area contributed by atoms with Crippen LogP contribution in [0.1, 0.15) is 4.88 Å². The van der Waals surface area contributed by atoms with E-state index in [0.717, 1.165) is 10.3 Å². The number of allylic oxidation sites excluding steroid dienone is 1. The zero-order valence-corrected chi connectivity index (χ0v) is 8.58. The highest BCUT2D eigenvalue weighted by Crippen LogP contribution is 2.26. The minimum Gasteiger partial charge on any atom is -0.192 e. The predicted molar refractivity (Wildman–Crippen MR) is 61.0 cm³/mol. The molecule has 1 heterocycles. The average Bonchev–Trinajstić information content (AvgIpc) is 2.68. The number of thiophene rings is 1. The molecule has 0 N–H and O–H groups in total. The number of nitrogens with zero attached hydrogens (tertiary/aromatic N) is 2. The van der Waals surface area contributed by atoms with Crippen molar-refractivity contribution < 1.29 is 0 Å². The van der Waals surface area contributed by atoms with Crippen molar-refractivity contribution in [1.82, 2.24) is 0 Å². The van der Waals surface area contributed by atoms with Crippen molar-refractivity contribution in [3.8, 4) is 12.1 Å². The second-order valence-corrected chi connectivity index (χ2v) is 4.08. The summed E-state index contributed by atoms with van der Waals surface area (Å²) in [5.41, 5.74) is 0.140. The third-order valence-electron chi connectivity index (χ3n) is 1.97. The Kier molecular flexibility index (Phi) is 2.49. The maximum atomic E-state index is 8.63. The van der Waals surface area contributed by atoms with Gasteiger partial charge in [-0.05, 0) is 23.6 Å². The van der Waals surface area contributed by atoms with E-state index in [0.29, 0.717) is 0 Å². The molecule has 2 aromatic rings. The number of nitriles is 2. The van der Waals surface area contributed by atoms with Crippen molar-refractivity contribution in [3.63, 3.8) is 0 Å². The van der Waals surface area contributed by atoms with Crippen LogP contribution in [-0.2, 0) is 0 Å². The number of hydrogen-bond acceptors (Lipinski definition) is 3. The molecule has 0 aliphatic rings. The van der Waals surface area contributed by atoms with E-state index < -0.39 is 0 Å². The van der Waals surface area contributed by atoms with E-state index in [1.807, 2.05) is 42.5 Å². The summed E-state index contributed by atoms with van der Waals surface area (Å²) >= 11 is 1.58. The molecule has 1 aromatic heterocycles. The minimum absolute atomic E-state index is 0.140. The zero-order chi connectivity index (χ0) is 10.7. The Morgan fingerprint density at radius 2 is 1.93 bits per heavy atom. The molecular weight excluding hydrogens is 204 g/mol. The van der Waals surface area contributed by atoms with Crippen LogP contribution in [0.4, 0.5) is 0 Å². The molecule has 0 spiro atoms. The minimum atomic E-state index is 0.140. The van der Waals surface area contributed by atoms with E-state index in [-0.39, 0.29) is 5.57 Å². The van der Waals surface area contributed by atoms with Gasteiger partial charge in [0.1, 0.15) is 17.7 Å². The first-order chi connectivity index (χ1) is 7.33. The summed E-state index contributed by atoms with van der Waals surface area (Å²) in [6, 6.07) is 13.7. The van der Waals surface area contributed by atoms with Gasteiger partial charge in [-0.25, -0.2) is 0 Å². The van der Waals surface area contributed by atoms with E-state index >= 15 is 0 Å². The Labute approximate surface area is 91.3 Å². The highest BCUT2D eigenvalue weighted by atomic mass is 32.1. The highest BCUT2D eigenvalue weighted by Gasteiger charge is 2.00. The van der Waals surface area contributed by atoms with Crippen molar-refractivity contribution in [1.29, 1.82) is 10.5 Å². The Morgan fingerprint density at radius 3 is 2.60 bits per heavy atom. The average molecular weight is 210 g/mol. The Balaban J connectivity index is 2.52. The van der Waals surface area contributed by atoms with Gasteiger partial charge in [0, 0.05) is 9.58 Å². The molecule has 0 bridgehead atoms. The molecule has 0 saturated heterocycles. The smallest absolute Gasteiger partial charge is 0.131 e. The second-order valence-electron chi connectivity index (χ2n) is 2.97. The third kappa shape index (κ3) is 1.88. The summed E-state index contributed by atoms with van der Waals surface area (Å²) < 4.78 is 1.17. The summed E-state index contributed by atoms with van der Waals surface area (Å²) in [5, 5.41) is 18.4. The van der Waals surface area contributed by atoms with Gasteiger partial charge in [-0.2, -0.15) is 10.5 Å². The van der Waals surface area contributed by atoms with Crippen molar-refractivity contribution in [2.75, 3.05) is 0 Å². The second kappa shape index (κ2) is 3.96. The number of fused-ring (bicyclic) bond motifs is 1. The van der Waals surface area contributed by atoms with Crippen molar-refractivity contribution >= 4 is 27.5 Å². The molecule has 0 aliphatic heterocycles. The predicted octanol–water partition coefficient (Wildman–Crippen LogP) is 3.33. The molecule has 0 unspecified atom stereocenters. The summed E-state index contributed by atoms with van der Waals surface area (Å²) in [6.07, 6.45) is 1.62. The molecule has 15 heavy (non-hydrogen) atoms. The summed E-state index contributed by atoms with van der Waals surface area (Å²) in [5.74, 6) is 0. The SMILES string of the molecule is N#CC(C#N)=Cc1cc2ccccc2s1. The van der Waals surface area contributed by atoms with Gasteiger partial charge in [0.25, 0.3) is 0 Å². The first-order valence-corrected chi connectivity index (χ1v) is 5.15. The van der Waals surface area contributed by atoms with Crippen LogP contribution >= 0.6 is 11.3 Å². The van der Waals surface area contributed by atoms with E-state index in [1.54, 1.807) is 17.4 Å². The fourth-order valence-corrected chi connectivity index (χ4v) is 2.31. The number of benzene rings is 1. The first kappa shape index (κ1) is 9.45. The molecule has 0 aliphatic carbocycles. The Morgan fingerprint density at radius 1 is 1.20 bits per heavy atom. The lowest BCUT2D eigenvalue weighted by molar-refractivity contribution is 1.47. The van der Waals surface area contributed by atoms with Gasteiger partial charge in [0.05, 0.1) is 0 Å². The Hall–Kier alpha value is -2.10. The zero-order valence-electron chi connectivity index (χ0n) is 7.77. The molecule has 3 heteroatoms. The molecule has 0 fully saturated rings. The summed E-state index contributed by atoms with van der Waals surface area (Å²) in [4.78, 5) is 0.939. The van der Waals surface area contributed by atoms with Gasteiger partial charge >= 0.3 is 0 Å². The molecule has 0 atom stereocenters. The third-order valence-corrected chi connectivity index (χ3v) is 3.04. The van der Waals surface area contributed by atoms with Crippen LogP contribution in [0.5, 0.6) is 0 Å². The van der Waals surface area contributed by atoms with Crippen LogP contribution < -0.4 is 0 Å². The molecule has 0 saturated carbocycles. The van der Waals surface area contributed by atoms with Crippen molar-refractivity contribution in [3.05, 3.63) is 40.8 Å². The molecule has 1 aromatic carbocycles.